The molecule has 0 aromatic carbocycles. The van der Waals surface area contributed by atoms with Crippen molar-refractivity contribution in [2.24, 2.45) is 0 Å². The minimum Gasteiger partial charge on any atom is -0.250 e. The Hall–Kier alpha value is -1.92. The van der Waals surface area contributed by atoms with Crippen molar-refractivity contribution < 1.29 is 0 Å². The van der Waals surface area contributed by atoms with Gasteiger partial charge in [0.05, 0.1) is 0 Å². The lowest BCUT2D eigenvalue weighted by atomic mass is 10.5. The number of hydrogen-bond acceptors (Lipinski definition) is 6. The molecule has 0 aliphatic heterocycles. The first-order valence-electron chi connectivity index (χ1n) is 5.90. The van der Waals surface area contributed by atoms with Gasteiger partial charge in [-0.3, -0.25) is 0 Å². The molecule has 0 bridgehead atoms. The third-order valence-electron chi connectivity index (χ3n) is 2.31. The van der Waals surface area contributed by atoms with Crippen molar-refractivity contribution in [1.82, 2.24) is 19.9 Å². The van der Waals surface area contributed by atoms with Gasteiger partial charge in [-0.2, -0.15) is 0 Å². The molecule has 0 spiro atoms. The van der Waals surface area contributed by atoms with E-state index in [2.05, 4.69) is 19.9 Å². The van der Waals surface area contributed by atoms with Gasteiger partial charge >= 0.3 is 0 Å². The molecule has 3 heterocycles. The van der Waals surface area contributed by atoms with Crippen LogP contribution in [0.4, 0.5) is 0 Å². The molecule has 3 aromatic heterocycles. The molecule has 0 radical (unpaired) electrons. The molecule has 0 saturated heterocycles. The van der Waals surface area contributed by atoms with Crippen molar-refractivity contribution in [2.75, 3.05) is 0 Å². The minimum atomic E-state index is 0.872. The Labute approximate surface area is 125 Å². The number of pyridine rings is 2. The summed E-state index contributed by atoms with van der Waals surface area (Å²) >= 11 is 3.03. The van der Waals surface area contributed by atoms with Gasteiger partial charge in [0.15, 0.2) is 0 Å². The van der Waals surface area contributed by atoms with Gasteiger partial charge in [-0.05, 0) is 47.8 Å². The van der Waals surface area contributed by atoms with Gasteiger partial charge in [0.25, 0.3) is 0 Å². The highest BCUT2D eigenvalue weighted by Crippen LogP contribution is 2.28. The van der Waals surface area contributed by atoms with Gasteiger partial charge in [-0.1, -0.05) is 12.1 Å². The van der Waals surface area contributed by atoms with Crippen molar-refractivity contribution in [1.29, 1.82) is 0 Å². The summed E-state index contributed by atoms with van der Waals surface area (Å²) in [6.07, 6.45) is 5.11. The number of aromatic nitrogens is 4. The summed E-state index contributed by atoms with van der Waals surface area (Å²) in [5.41, 5.74) is 0. The molecule has 0 unspecified atom stereocenters. The van der Waals surface area contributed by atoms with Crippen LogP contribution in [0.5, 0.6) is 0 Å². The molecule has 0 aliphatic carbocycles. The number of nitrogens with zero attached hydrogens (tertiary/aromatic N) is 4. The van der Waals surface area contributed by atoms with Gasteiger partial charge in [0.2, 0.25) is 0 Å². The molecule has 6 heteroatoms. The summed E-state index contributed by atoms with van der Waals surface area (Å²) in [5.74, 6) is 0. The summed E-state index contributed by atoms with van der Waals surface area (Å²) in [6.45, 7) is 0. The van der Waals surface area contributed by atoms with Crippen LogP contribution in [-0.2, 0) is 0 Å². The lowest BCUT2D eigenvalue weighted by Gasteiger charge is -2.02. The van der Waals surface area contributed by atoms with E-state index in [1.54, 1.807) is 18.7 Å². The van der Waals surface area contributed by atoms with Crippen LogP contribution in [0.2, 0.25) is 0 Å². The van der Waals surface area contributed by atoms with Crippen molar-refractivity contribution in [2.45, 2.75) is 20.1 Å². The molecule has 4 nitrogen and oxygen atoms in total. The van der Waals surface area contributed by atoms with Crippen molar-refractivity contribution in [3.05, 3.63) is 61.2 Å². The molecule has 0 saturated carbocycles. The topological polar surface area (TPSA) is 51.6 Å². The highest BCUT2D eigenvalue weighted by atomic mass is 32.2. The van der Waals surface area contributed by atoms with Gasteiger partial charge in [0.1, 0.15) is 26.4 Å². The van der Waals surface area contributed by atoms with E-state index in [9.17, 15) is 0 Å². The molecule has 0 atom stereocenters. The summed E-state index contributed by atoms with van der Waals surface area (Å²) in [6, 6.07) is 13.6. The van der Waals surface area contributed by atoms with E-state index >= 15 is 0 Å². The predicted octanol–water partition coefficient (Wildman–Crippen LogP) is 3.57. The van der Waals surface area contributed by atoms with Crippen LogP contribution in [0.1, 0.15) is 0 Å². The predicted molar refractivity (Wildman–Crippen MR) is 78.8 cm³/mol. The second kappa shape index (κ2) is 6.49. The van der Waals surface area contributed by atoms with E-state index in [1.165, 1.54) is 23.5 Å². The first-order chi connectivity index (χ1) is 9.90. The van der Waals surface area contributed by atoms with E-state index in [0.717, 1.165) is 20.1 Å². The molecular formula is C14H10N4S2. The maximum absolute atomic E-state index is 4.27. The second-order valence-electron chi connectivity index (χ2n) is 3.73. The van der Waals surface area contributed by atoms with Crippen molar-refractivity contribution in [3.8, 4) is 0 Å². The SMILES string of the molecule is c1ccc(Sc2cc(Sc3ccccn3)ncn2)nc1. The quantitative estimate of drug-likeness (QED) is 0.686. The molecule has 0 aliphatic rings. The Morgan fingerprint density at radius 2 is 1.15 bits per heavy atom. The molecule has 0 fully saturated rings. The number of rotatable bonds is 4. The molecule has 98 valence electrons. The summed E-state index contributed by atoms with van der Waals surface area (Å²) in [7, 11) is 0. The van der Waals surface area contributed by atoms with Crippen molar-refractivity contribution >= 4 is 23.5 Å². The molecule has 3 rings (SSSR count). The van der Waals surface area contributed by atoms with Crippen LogP contribution in [0.3, 0.4) is 0 Å². The normalized spacial score (nSPS) is 10.4. The van der Waals surface area contributed by atoms with Crippen LogP contribution < -0.4 is 0 Å². The van der Waals surface area contributed by atoms with Crippen LogP contribution >= 0.6 is 23.5 Å². The van der Waals surface area contributed by atoms with Crippen LogP contribution in [0, 0.1) is 0 Å². The second-order valence-corrected chi connectivity index (χ2v) is 5.82. The fourth-order valence-electron chi connectivity index (χ4n) is 1.46. The third-order valence-corrected chi connectivity index (χ3v) is 4.08. The maximum atomic E-state index is 4.27. The van der Waals surface area contributed by atoms with Crippen LogP contribution in [-0.4, -0.2) is 19.9 Å². The Bertz CT molecular complexity index is 620. The average molecular weight is 298 g/mol. The van der Waals surface area contributed by atoms with Gasteiger partial charge in [-0.25, -0.2) is 19.9 Å². The zero-order chi connectivity index (χ0) is 13.6. The lowest BCUT2D eigenvalue weighted by molar-refractivity contribution is 0.956. The first kappa shape index (κ1) is 13.1. The lowest BCUT2D eigenvalue weighted by Crippen LogP contribution is -1.87. The molecule has 0 amide bonds. The van der Waals surface area contributed by atoms with Gasteiger partial charge in [-0.15, -0.1) is 0 Å². The fraction of sp³-hybridized carbons (Fsp3) is 0. The molecule has 0 N–H and O–H groups in total. The monoisotopic (exact) mass is 298 g/mol. The van der Waals surface area contributed by atoms with E-state index in [-0.39, 0.29) is 0 Å². The Balaban J connectivity index is 1.76. The van der Waals surface area contributed by atoms with E-state index < -0.39 is 0 Å². The highest BCUT2D eigenvalue weighted by Gasteiger charge is 2.04. The summed E-state index contributed by atoms with van der Waals surface area (Å²) in [4.78, 5) is 17.1. The molecule has 20 heavy (non-hydrogen) atoms. The molecular weight excluding hydrogens is 288 g/mol. The van der Waals surface area contributed by atoms with E-state index in [4.69, 9.17) is 0 Å². The highest BCUT2D eigenvalue weighted by molar-refractivity contribution is 8.00. The minimum absolute atomic E-state index is 0.872. The third kappa shape index (κ3) is 3.55. The zero-order valence-electron chi connectivity index (χ0n) is 10.4. The summed E-state index contributed by atoms with van der Waals surface area (Å²) in [5, 5.41) is 3.58. The first-order valence-corrected chi connectivity index (χ1v) is 7.53. The average Bonchev–Trinajstić information content (AvgIpc) is 2.50. The van der Waals surface area contributed by atoms with E-state index in [0.29, 0.717) is 0 Å². The Morgan fingerprint density at radius 1 is 0.600 bits per heavy atom. The largest absolute Gasteiger partial charge is 0.250 e. The number of hydrogen-bond donors (Lipinski definition) is 0. The summed E-state index contributed by atoms with van der Waals surface area (Å²) < 4.78 is 0. The Kier molecular flexibility index (Phi) is 4.25. The molecule has 3 aromatic rings. The standard InChI is InChI=1S/C14H10N4S2/c1-3-7-15-11(5-1)19-13-9-14(18-10-17-13)20-12-6-2-4-8-16-12/h1-10H. The maximum Gasteiger partial charge on any atom is 0.118 e. The van der Waals surface area contributed by atoms with Crippen LogP contribution in [0.25, 0.3) is 0 Å². The Morgan fingerprint density at radius 3 is 1.60 bits per heavy atom. The fourth-order valence-corrected chi connectivity index (χ4v) is 3.03. The van der Waals surface area contributed by atoms with Gasteiger partial charge in [0, 0.05) is 18.5 Å². The smallest absolute Gasteiger partial charge is 0.118 e. The van der Waals surface area contributed by atoms with Gasteiger partial charge < -0.3 is 0 Å². The van der Waals surface area contributed by atoms with Crippen LogP contribution in [0.15, 0.2) is 81.3 Å². The van der Waals surface area contributed by atoms with E-state index in [1.807, 2.05) is 42.5 Å². The zero-order valence-corrected chi connectivity index (χ0v) is 12.0. The van der Waals surface area contributed by atoms with Crippen molar-refractivity contribution in [3.63, 3.8) is 0 Å².